The Morgan fingerprint density at radius 3 is 2.62 bits per heavy atom. The van der Waals surface area contributed by atoms with Crippen molar-refractivity contribution in [1.82, 2.24) is 0 Å². The van der Waals surface area contributed by atoms with Crippen LogP contribution in [-0.4, -0.2) is 11.2 Å². The Morgan fingerprint density at radius 2 is 1.94 bits per heavy atom. The van der Waals surface area contributed by atoms with E-state index in [1.165, 1.54) is 19.3 Å². The summed E-state index contributed by atoms with van der Waals surface area (Å²) >= 11 is 0. The Hall–Kier alpha value is -0.300. The molecule has 5 atom stereocenters. The molecule has 3 fully saturated rings. The van der Waals surface area contributed by atoms with Gasteiger partial charge >= 0.3 is 0 Å². The van der Waals surface area contributed by atoms with Gasteiger partial charge in [-0.3, -0.25) is 0 Å². The molecule has 0 saturated heterocycles. The van der Waals surface area contributed by atoms with Crippen molar-refractivity contribution in [2.24, 2.45) is 28.6 Å². The van der Waals surface area contributed by atoms with Crippen LogP contribution in [0.3, 0.4) is 0 Å². The summed E-state index contributed by atoms with van der Waals surface area (Å²) in [5.74, 6) is 2.23. The zero-order valence-electron chi connectivity index (χ0n) is 10.8. The summed E-state index contributed by atoms with van der Waals surface area (Å²) in [6.07, 6.45) is 4.75. The van der Waals surface area contributed by atoms with Crippen LogP contribution in [0.25, 0.3) is 0 Å². The first-order valence-electron chi connectivity index (χ1n) is 6.73. The molecule has 1 N–H and O–H groups in total. The summed E-state index contributed by atoms with van der Waals surface area (Å²) in [6.45, 7) is 11.4. The first kappa shape index (κ1) is 10.8. The Kier molecular flexibility index (Phi) is 1.98. The van der Waals surface area contributed by atoms with Crippen LogP contribution in [0.5, 0.6) is 0 Å². The quantitative estimate of drug-likeness (QED) is 0.620. The van der Waals surface area contributed by atoms with Gasteiger partial charge in [0.05, 0.1) is 6.10 Å². The lowest BCUT2D eigenvalue weighted by Crippen LogP contribution is -2.32. The molecule has 1 nitrogen and oxygen atoms in total. The maximum atomic E-state index is 10.2. The van der Waals surface area contributed by atoms with Crippen LogP contribution in [0.1, 0.15) is 46.5 Å². The second-order valence-corrected chi connectivity index (χ2v) is 7.33. The molecule has 3 aliphatic rings. The second-order valence-electron chi connectivity index (χ2n) is 7.33. The molecule has 0 radical (unpaired) electrons. The fraction of sp³-hybridized carbons (Fsp3) is 0.867. The highest BCUT2D eigenvalue weighted by atomic mass is 16.3. The molecule has 1 spiro atoms. The maximum absolute atomic E-state index is 10.2. The number of fused-ring (bicyclic) bond motifs is 1. The van der Waals surface area contributed by atoms with Gasteiger partial charge in [-0.1, -0.05) is 27.4 Å². The Balaban J connectivity index is 2.06. The smallest absolute Gasteiger partial charge is 0.0755 e. The molecule has 3 aliphatic carbocycles. The molecule has 1 heteroatoms. The molecule has 90 valence electrons. The minimum Gasteiger partial charge on any atom is -0.389 e. The van der Waals surface area contributed by atoms with Gasteiger partial charge in [0.25, 0.3) is 0 Å². The first-order chi connectivity index (χ1) is 7.37. The van der Waals surface area contributed by atoms with Gasteiger partial charge < -0.3 is 5.11 Å². The van der Waals surface area contributed by atoms with Gasteiger partial charge in [0.15, 0.2) is 0 Å². The van der Waals surface area contributed by atoms with Gasteiger partial charge in [-0.15, -0.1) is 0 Å². The molecule has 0 aromatic carbocycles. The lowest BCUT2D eigenvalue weighted by molar-refractivity contribution is 0.0810. The van der Waals surface area contributed by atoms with E-state index in [9.17, 15) is 5.11 Å². The van der Waals surface area contributed by atoms with Gasteiger partial charge in [0.2, 0.25) is 0 Å². The lowest BCUT2D eigenvalue weighted by atomic mass is 9.70. The van der Waals surface area contributed by atoms with Crippen LogP contribution < -0.4 is 0 Å². The van der Waals surface area contributed by atoms with Gasteiger partial charge in [-0.25, -0.2) is 0 Å². The van der Waals surface area contributed by atoms with Gasteiger partial charge in [0, 0.05) is 0 Å². The summed E-state index contributed by atoms with van der Waals surface area (Å²) in [7, 11) is 0. The Labute approximate surface area is 98.9 Å². The minimum absolute atomic E-state index is 0.228. The average molecular weight is 220 g/mol. The van der Waals surface area contributed by atoms with E-state index in [1.807, 2.05) is 0 Å². The van der Waals surface area contributed by atoms with E-state index in [2.05, 4.69) is 27.4 Å². The third-order valence-electron chi connectivity index (χ3n) is 6.01. The van der Waals surface area contributed by atoms with Crippen molar-refractivity contribution >= 4 is 0 Å². The van der Waals surface area contributed by atoms with E-state index < -0.39 is 0 Å². The summed E-state index contributed by atoms with van der Waals surface area (Å²) < 4.78 is 0. The van der Waals surface area contributed by atoms with Crippen LogP contribution in [0.15, 0.2) is 12.2 Å². The highest BCUT2D eigenvalue weighted by Crippen LogP contribution is 2.71. The molecule has 0 aromatic heterocycles. The Morgan fingerprint density at radius 1 is 1.25 bits per heavy atom. The highest BCUT2D eigenvalue weighted by molar-refractivity contribution is 5.26. The lowest BCUT2D eigenvalue weighted by Gasteiger charge is -2.37. The van der Waals surface area contributed by atoms with E-state index in [0.29, 0.717) is 16.7 Å². The van der Waals surface area contributed by atoms with E-state index in [4.69, 9.17) is 0 Å². The largest absolute Gasteiger partial charge is 0.389 e. The fourth-order valence-electron chi connectivity index (χ4n) is 5.47. The topological polar surface area (TPSA) is 20.2 Å². The van der Waals surface area contributed by atoms with E-state index in [0.717, 1.165) is 23.8 Å². The molecular formula is C15H24O. The van der Waals surface area contributed by atoms with Gasteiger partial charge in [-0.2, -0.15) is 0 Å². The predicted octanol–water partition coefficient (Wildman–Crippen LogP) is 3.39. The zero-order chi connectivity index (χ0) is 11.7. The fourth-order valence-corrected chi connectivity index (χ4v) is 5.47. The van der Waals surface area contributed by atoms with Gasteiger partial charge in [0.1, 0.15) is 0 Å². The molecule has 16 heavy (non-hydrogen) atoms. The van der Waals surface area contributed by atoms with Crippen molar-refractivity contribution in [3.8, 4) is 0 Å². The molecule has 0 aliphatic heterocycles. The molecule has 2 bridgehead atoms. The van der Waals surface area contributed by atoms with Crippen molar-refractivity contribution in [3.05, 3.63) is 12.2 Å². The Bertz CT molecular complexity index is 343. The van der Waals surface area contributed by atoms with Crippen LogP contribution >= 0.6 is 0 Å². The maximum Gasteiger partial charge on any atom is 0.0755 e. The van der Waals surface area contributed by atoms with Crippen LogP contribution in [0, 0.1) is 28.6 Å². The van der Waals surface area contributed by atoms with E-state index in [1.54, 1.807) is 0 Å². The van der Waals surface area contributed by atoms with Crippen LogP contribution in [0.4, 0.5) is 0 Å². The standard InChI is InChI=1S/C15H24O/c1-9-5-13-14(3,4)11-7-15(13,6-9)8-12(16)10(11)2/h9,11-13,16H,2,5-8H2,1,3-4H3. The number of aliphatic hydroxyl groups is 1. The monoisotopic (exact) mass is 220 g/mol. The normalized spacial score (nSPS) is 54.1. The molecule has 3 rings (SSSR count). The predicted molar refractivity (Wildman–Crippen MR) is 66.0 cm³/mol. The van der Waals surface area contributed by atoms with Crippen LogP contribution in [0.2, 0.25) is 0 Å². The van der Waals surface area contributed by atoms with E-state index >= 15 is 0 Å². The summed E-state index contributed by atoms with van der Waals surface area (Å²) in [4.78, 5) is 0. The highest BCUT2D eigenvalue weighted by Gasteiger charge is 2.64. The van der Waals surface area contributed by atoms with Crippen molar-refractivity contribution in [1.29, 1.82) is 0 Å². The van der Waals surface area contributed by atoms with Gasteiger partial charge in [-0.05, 0) is 59.8 Å². The summed E-state index contributed by atoms with van der Waals surface area (Å²) in [5, 5.41) is 10.2. The number of hydrogen-bond acceptors (Lipinski definition) is 1. The molecule has 0 heterocycles. The molecule has 5 unspecified atom stereocenters. The van der Waals surface area contributed by atoms with Crippen LogP contribution in [-0.2, 0) is 0 Å². The molecule has 0 aromatic rings. The number of rotatable bonds is 0. The zero-order valence-corrected chi connectivity index (χ0v) is 10.8. The SMILES string of the molecule is C=C1C(O)CC23CC(C)CC2C(C)(C)C1C3. The third-order valence-corrected chi connectivity index (χ3v) is 6.01. The third kappa shape index (κ3) is 1.11. The van der Waals surface area contributed by atoms with Crippen molar-refractivity contribution in [2.45, 2.75) is 52.6 Å². The van der Waals surface area contributed by atoms with E-state index in [-0.39, 0.29) is 6.10 Å². The average Bonchev–Trinajstić information content (AvgIpc) is 2.56. The number of aliphatic hydroxyl groups excluding tert-OH is 1. The van der Waals surface area contributed by atoms with Crippen molar-refractivity contribution in [3.63, 3.8) is 0 Å². The number of hydrogen-bond donors (Lipinski definition) is 1. The van der Waals surface area contributed by atoms with Crippen molar-refractivity contribution in [2.75, 3.05) is 0 Å². The minimum atomic E-state index is -0.228. The molecular weight excluding hydrogens is 196 g/mol. The summed E-state index contributed by atoms with van der Waals surface area (Å²) in [5.41, 5.74) is 1.94. The molecule has 3 saturated carbocycles. The first-order valence-corrected chi connectivity index (χ1v) is 6.73. The summed E-state index contributed by atoms with van der Waals surface area (Å²) in [6, 6.07) is 0. The van der Waals surface area contributed by atoms with Crippen molar-refractivity contribution < 1.29 is 5.11 Å². The molecule has 0 amide bonds. The second kappa shape index (κ2) is 2.93.